The first-order chi connectivity index (χ1) is 6.07. The first-order valence-corrected chi connectivity index (χ1v) is 3.99. The van der Waals surface area contributed by atoms with Gasteiger partial charge < -0.3 is 10.2 Å². The van der Waals surface area contributed by atoms with Gasteiger partial charge >= 0.3 is 0 Å². The van der Waals surface area contributed by atoms with Crippen molar-refractivity contribution in [3.63, 3.8) is 0 Å². The summed E-state index contributed by atoms with van der Waals surface area (Å²) < 4.78 is 0. The predicted octanol–water partition coefficient (Wildman–Crippen LogP) is 0.359. The molecule has 6 nitrogen and oxygen atoms in total. The van der Waals surface area contributed by atoms with E-state index in [1.165, 1.54) is 34.6 Å². The summed E-state index contributed by atoms with van der Waals surface area (Å²) in [6, 6.07) is 0. The summed E-state index contributed by atoms with van der Waals surface area (Å²) in [6.45, 7) is 7.10. The maximum Gasteiger partial charge on any atom is 0.223 e. The molecule has 0 aromatic rings. The van der Waals surface area contributed by atoms with Crippen LogP contribution < -0.4 is 0 Å². The fraction of sp³-hybridized carbons (Fsp3) is 0.875. The van der Waals surface area contributed by atoms with Crippen LogP contribution in [0.25, 0.3) is 0 Å². The number of aliphatic hydroxyl groups is 2. The molecule has 0 aliphatic heterocycles. The van der Waals surface area contributed by atoms with Gasteiger partial charge in [0, 0.05) is 16.9 Å². The van der Waals surface area contributed by atoms with Crippen LogP contribution in [0, 0.1) is 9.93 Å². The van der Waals surface area contributed by atoms with E-state index in [4.69, 9.17) is 9.93 Å². The van der Waals surface area contributed by atoms with Crippen molar-refractivity contribution in [2.75, 3.05) is 0 Å². The molecule has 0 saturated carbocycles. The van der Waals surface area contributed by atoms with Gasteiger partial charge in [0.1, 0.15) is 11.4 Å². The lowest BCUT2D eigenvalue weighted by Crippen LogP contribution is -2.57. The minimum Gasteiger partial charge on any atom is -0.371 e. The number of hydrogen-bond donors (Lipinski definition) is 2. The van der Waals surface area contributed by atoms with Crippen LogP contribution in [0.3, 0.4) is 0 Å². The highest BCUT2D eigenvalue weighted by Gasteiger charge is 2.36. The fourth-order valence-electron chi connectivity index (χ4n) is 1.44. The van der Waals surface area contributed by atoms with E-state index >= 15 is 0 Å². The first kappa shape index (κ1) is 15.5. The van der Waals surface area contributed by atoms with Crippen molar-refractivity contribution in [2.45, 2.75) is 46.1 Å². The van der Waals surface area contributed by atoms with Crippen LogP contribution in [0.5, 0.6) is 0 Å². The Hall–Kier alpha value is -1.01. The second-order valence-corrected chi connectivity index (χ2v) is 3.84. The lowest BCUT2D eigenvalue weighted by atomic mass is 10.1. The summed E-state index contributed by atoms with van der Waals surface area (Å²) in [5.41, 5.74) is -2.69. The van der Waals surface area contributed by atoms with Gasteiger partial charge in [0.15, 0.2) is 0 Å². The summed E-state index contributed by atoms with van der Waals surface area (Å²) >= 11 is 0. The highest BCUT2D eigenvalue weighted by atomic mass is 16.7. The van der Waals surface area contributed by atoms with Crippen LogP contribution in [0.1, 0.15) is 34.6 Å². The van der Waals surface area contributed by atoms with Crippen molar-refractivity contribution in [1.82, 2.24) is 4.90 Å². The summed E-state index contributed by atoms with van der Waals surface area (Å²) in [4.78, 5) is 26.1. The molecule has 0 spiro atoms. The molecule has 0 aliphatic carbocycles. The molecule has 84 valence electrons. The van der Waals surface area contributed by atoms with Gasteiger partial charge in [-0.2, -0.15) is 0 Å². The zero-order valence-corrected chi connectivity index (χ0v) is 9.07. The predicted molar refractivity (Wildman–Crippen MR) is 51.8 cm³/mol. The Kier molecular flexibility index (Phi) is 5.54. The van der Waals surface area contributed by atoms with E-state index in [0.717, 1.165) is 4.90 Å². The van der Waals surface area contributed by atoms with Gasteiger partial charge in [0.25, 0.3) is 0 Å². The van der Waals surface area contributed by atoms with Gasteiger partial charge in [-0.3, -0.25) is 9.69 Å². The molecule has 14 heavy (non-hydrogen) atoms. The smallest absolute Gasteiger partial charge is 0.223 e. The monoisotopic (exact) mass is 207 g/mol. The number of amides is 1. The van der Waals surface area contributed by atoms with Crippen LogP contribution in [0.2, 0.25) is 0 Å². The lowest BCUT2D eigenvalue weighted by molar-refractivity contribution is -0.203. The molecule has 0 atom stereocenters. The van der Waals surface area contributed by atoms with Gasteiger partial charge in [-0.15, -0.1) is 0 Å². The highest BCUT2D eigenvalue weighted by molar-refractivity contribution is 5.74. The standard InChI is InChI=1S/C8H17NO3.O2/c1-6(10)9(7(2,3)11)8(4,5)12;1-2/h11-12H,1-5H3;. The average molecular weight is 207 g/mol. The van der Waals surface area contributed by atoms with E-state index in [9.17, 15) is 15.0 Å². The SMILES string of the molecule is CC(=O)N(C(C)(C)O)C(C)(C)O.O=O. The largest absolute Gasteiger partial charge is 0.371 e. The van der Waals surface area contributed by atoms with Crippen molar-refractivity contribution in [3.8, 4) is 0 Å². The lowest BCUT2D eigenvalue weighted by Gasteiger charge is -2.41. The Balaban J connectivity index is 0. The normalized spacial score (nSPS) is 11.4. The first-order valence-electron chi connectivity index (χ1n) is 3.99. The van der Waals surface area contributed by atoms with Gasteiger partial charge in [0.2, 0.25) is 5.91 Å². The van der Waals surface area contributed by atoms with Crippen LogP contribution in [-0.4, -0.2) is 32.5 Å². The summed E-state index contributed by atoms with van der Waals surface area (Å²) in [6.07, 6.45) is 0. The molecule has 0 unspecified atom stereocenters. The van der Waals surface area contributed by atoms with Gasteiger partial charge in [-0.05, 0) is 27.7 Å². The van der Waals surface area contributed by atoms with Crippen LogP contribution in [0.15, 0.2) is 0 Å². The Morgan fingerprint density at radius 1 is 1.00 bits per heavy atom. The molecule has 0 heterocycles. The summed E-state index contributed by atoms with van der Waals surface area (Å²) in [5, 5.41) is 19.1. The Morgan fingerprint density at radius 2 is 1.21 bits per heavy atom. The molecule has 2 N–H and O–H groups in total. The van der Waals surface area contributed by atoms with E-state index in [0.29, 0.717) is 0 Å². The topological polar surface area (TPSA) is 94.9 Å². The zero-order chi connectivity index (χ0) is 12.2. The molecule has 0 rings (SSSR count). The number of hydrogen-bond acceptors (Lipinski definition) is 5. The van der Waals surface area contributed by atoms with E-state index in [1.54, 1.807) is 0 Å². The van der Waals surface area contributed by atoms with E-state index < -0.39 is 11.4 Å². The number of carbonyl (C=O) groups is 1. The molecule has 0 aromatic heterocycles. The van der Waals surface area contributed by atoms with Crippen molar-refractivity contribution in [3.05, 3.63) is 9.93 Å². The quantitative estimate of drug-likeness (QED) is 0.637. The number of rotatable bonds is 2. The second kappa shape index (κ2) is 5.02. The Morgan fingerprint density at radius 3 is 1.21 bits per heavy atom. The molecule has 0 radical (unpaired) electrons. The Bertz CT molecular complexity index is 177. The average Bonchev–Trinajstić information content (AvgIpc) is 1.82. The van der Waals surface area contributed by atoms with E-state index in [2.05, 4.69) is 0 Å². The maximum absolute atomic E-state index is 11.0. The number of carbonyl (C=O) groups excluding carboxylic acids is 1. The second-order valence-electron chi connectivity index (χ2n) is 3.84. The highest BCUT2D eigenvalue weighted by Crippen LogP contribution is 2.20. The van der Waals surface area contributed by atoms with E-state index in [-0.39, 0.29) is 5.91 Å². The van der Waals surface area contributed by atoms with Gasteiger partial charge in [-0.1, -0.05) is 0 Å². The summed E-state index contributed by atoms with van der Waals surface area (Å²) in [5.74, 6) is -0.366. The maximum atomic E-state index is 11.0. The van der Waals surface area contributed by atoms with Gasteiger partial charge in [-0.25, -0.2) is 0 Å². The zero-order valence-electron chi connectivity index (χ0n) is 9.07. The van der Waals surface area contributed by atoms with Crippen molar-refractivity contribution in [2.24, 2.45) is 0 Å². The minimum absolute atomic E-state index is 0.366. The van der Waals surface area contributed by atoms with Crippen molar-refractivity contribution >= 4 is 5.91 Å². The molecule has 0 bridgehead atoms. The third-order valence-electron chi connectivity index (χ3n) is 1.41. The molecule has 1 amide bonds. The number of nitrogens with zero attached hydrogens (tertiary/aromatic N) is 1. The molecule has 0 aromatic carbocycles. The molecule has 0 saturated heterocycles. The van der Waals surface area contributed by atoms with Crippen LogP contribution in [-0.2, 0) is 4.79 Å². The Labute approximate surface area is 82.7 Å². The van der Waals surface area contributed by atoms with Crippen molar-refractivity contribution < 1.29 is 15.0 Å². The molecular formula is C8H17NO5. The fourth-order valence-corrected chi connectivity index (χ4v) is 1.44. The molecule has 0 aliphatic rings. The summed E-state index contributed by atoms with van der Waals surface area (Å²) in [7, 11) is 0. The minimum atomic E-state index is -1.34. The van der Waals surface area contributed by atoms with Crippen LogP contribution in [0.4, 0.5) is 0 Å². The molecular weight excluding hydrogens is 190 g/mol. The third kappa shape index (κ3) is 4.88. The van der Waals surface area contributed by atoms with Gasteiger partial charge in [0.05, 0.1) is 0 Å². The van der Waals surface area contributed by atoms with E-state index in [1.807, 2.05) is 0 Å². The molecule has 6 heteroatoms. The molecule has 0 fully saturated rings. The van der Waals surface area contributed by atoms with Crippen molar-refractivity contribution in [1.29, 1.82) is 0 Å². The third-order valence-corrected chi connectivity index (χ3v) is 1.41. The van der Waals surface area contributed by atoms with Crippen LogP contribution >= 0.6 is 0 Å².